The Morgan fingerprint density at radius 1 is 1.70 bits per heavy atom. The van der Waals surface area contributed by atoms with E-state index in [9.17, 15) is 4.79 Å². The van der Waals surface area contributed by atoms with Gasteiger partial charge in [-0.1, -0.05) is 13.8 Å². The Kier molecular flexibility index (Phi) is 1.71. The van der Waals surface area contributed by atoms with E-state index in [1.807, 2.05) is 6.92 Å². The zero-order valence-electron chi connectivity index (χ0n) is 6.55. The summed E-state index contributed by atoms with van der Waals surface area (Å²) in [6.07, 6.45) is 2.53. The number of carboxylic acid groups (broad SMARTS) is 1. The monoisotopic (exact) mass is 142 g/mol. The first-order valence-corrected chi connectivity index (χ1v) is 3.84. The van der Waals surface area contributed by atoms with E-state index >= 15 is 0 Å². The topological polar surface area (TPSA) is 37.3 Å². The van der Waals surface area contributed by atoms with Crippen LogP contribution in [0.5, 0.6) is 0 Å². The van der Waals surface area contributed by atoms with E-state index < -0.39 is 5.97 Å². The van der Waals surface area contributed by atoms with Crippen LogP contribution in [0.4, 0.5) is 0 Å². The zero-order chi connectivity index (χ0) is 7.78. The van der Waals surface area contributed by atoms with Crippen molar-refractivity contribution in [2.24, 2.45) is 11.3 Å². The minimum Gasteiger partial charge on any atom is -0.481 e. The predicted octanol–water partition coefficient (Wildman–Crippen LogP) is 1.90. The van der Waals surface area contributed by atoms with Gasteiger partial charge in [-0.25, -0.2) is 0 Å². The van der Waals surface area contributed by atoms with Crippen LogP contribution in [0.3, 0.4) is 0 Å². The van der Waals surface area contributed by atoms with Gasteiger partial charge in [0, 0.05) is 0 Å². The smallest absolute Gasteiger partial charge is 0.309 e. The van der Waals surface area contributed by atoms with E-state index in [4.69, 9.17) is 5.11 Å². The van der Waals surface area contributed by atoms with Crippen LogP contribution in [0.25, 0.3) is 0 Å². The van der Waals surface area contributed by atoms with Crippen molar-refractivity contribution in [2.75, 3.05) is 0 Å². The molecule has 2 nitrogen and oxygen atoms in total. The highest BCUT2D eigenvalue weighted by Crippen LogP contribution is 2.47. The van der Waals surface area contributed by atoms with E-state index in [0.717, 1.165) is 19.3 Å². The summed E-state index contributed by atoms with van der Waals surface area (Å²) in [6, 6.07) is 0. The quantitative estimate of drug-likeness (QED) is 0.639. The Bertz CT molecular complexity index is 145. The average molecular weight is 142 g/mol. The third-order valence-corrected chi connectivity index (χ3v) is 2.61. The van der Waals surface area contributed by atoms with Gasteiger partial charge < -0.3 is 5.11 Å². The first-order valence-electron chi connectivity index (χ1n) is 3.84. The van der Waals surface area contributed by atoms with Gasteiger partial charge in [-0.2, -0.15) is 0 Å². The van der Waals surface area contributed by atoms with Crippen molar-refractivity contribution >= 4 is 5.97 Å². The highest BCUT2D eigenvalue weighted by atomic mass is 16.4. The van der Waals surface area contributed by atoms with Gasteiger partial charge in [-0.15, -0.1) is 0 Å². The molecule has 58 valence electrons. The van der Waals surface area contributed by atoms with Crippen molar-refractivity contribution in [1.82, 2.24) is 0 Å². The fourth-order valence-corrected chi connectivity index (χ4v) is 1.89. The third-order valence-electron chi connectivity index (χ3n) is 2.61. The van der Waals surface area contributed by atoms with Gasteiger partial charge in [0.1, 0.15) is 0 Å². The summed E-state index contributed by atoms with van der Waals surface area (Å²) in [4.78, 5) is 10.7. The molecule has 1 rings (SSSR count). The van der Waals surface area contributed by atoms with Crippen molar-refractivity contribution in [3.05, 3.63) is 0 Å². The standard InChI is InChI=1S/C8H14O2/c1-3-8(7(9)10)4-6(2)5-8/h6H,3-5H2,1-2H3,(H,9,10). The number of carboxylic acids is 1. The summed E-state index contributed by atoms with van der Waals surface area (Å²) < 4.78 is 0. The van der Waals surface area contributed by atoms with Crippen molar-refractivity contribution in [3.63, 3.8) is 0 Å². The maximum atomic E-state index is 10.7. The molecular weight excluding hydrogens is 128 g/mol. The molecule has 0 unspecified atom stereocenters. The highest BCUT2D eigenvalue weighted by molar-refractivity contribution is 5.75. The SMILES string of the molecule is CCC1(C(=O)O)CC(C)C1. The maximum Gasteiger partial charge on any atom is 0.309 e. The van der Waals surface area contributed by atoms with Gasteiger partial charge in [0.2, 0.25) is 0 Å². The Hall–Kier alpha value is -0.530. The molecule has 1 N–H and O–H groups in total. The van der Waals surface area contributed by atoms with E-state index in [2.05, 4.69) is 6.92 Å². The predicted molar refractivity (Wildman–Crippen MR) is 38.8 cm³/mol. The second-order valence-corrected chi connectivity index (χ2v) is 3.45. The van der Waals surface area contributed by atoms with Gasteiger partial charge in [0.05, 0.1) is 5.41 Å². The molecule has 2 heteroatoms. The van der Waals surface area contributed by atoms with Crippen molar-refractivity contribution in [2.45, 2.75) is 33.1 Å². The summed E-state index contributed by atoms with van der Waals surface area (Å²) >= 11 is 0. The molecule has 1 aliphatic rings. The van der Waals surface area contributed by atoms with Crippen molar-refractivity contribution in [1.29, 1.82) is 0 Å². The molecule has 0 radical (unpaired) electrons. The van der Waals surface area contributed by atoms with Gasteiger partial charge in [0.25, 0.3) is 0 Å². The summed E-state index contributed by atoms with van der Waals surface area (Å²) in [6.45, 7) is 4.07. The highest BCUT2D eigenvalue weighted by Gasteiger charge is 2.46. The van der Waals surface area contributed by atoms with Crippen LogP contribution < -0.4 is 0 Å². The Labute approximate surface area is 61.2 Å². The first kappa shape index (κ1) is 7.58. The fraction of sp³-hybridized carbons (Fsp3) is 0.875. The molecule has 0 aromatic carbocycles. The van der Waals surface area contributed by atoms with Crippen molar-refractivity contribution < 1.29 is 9.90 Å². The van der Waals surface area contributed by atoms with Crippen LogP contribution in [0.15, 0.2) is 0 Å². The lowest BCUT2D eigenvalue weighted by Crippen LogP contribution is -2.42. The summed E-state index contributed by atoms with van der Waals surface area (Å²) in [5.74, 6) is 0.0177. The van der Waals surface area contributed by atoms with Crippen LogP contribution in [0.1, 0.15) is 33.1 Å². The molecule has 0 bridgehead atoms. The Balaban J connectivity index is 2.56. The number of rotatable bonds is 2. The summed E-state index contributed by atoms with van der Waals surface area (Å²) in [5, 5.41) is 8.80. The summed E-state index contributed by atoms with van der Waals surface area (Å²) in [5.41, 5.74) is -0.348. The number of hydrogen-bond acceptors (Lipinski definition) is 1. The Morgan fingerprint density at radius 3 is 2.30 bits per heavy atom. The number of aliphatic carboxylic acids is 1. The Morgan fingerprint density at radius 2 is 2.20 bits per heavy atom. The van der Waals surface area contributed by atoms with E-state index in [1.54, 1.807) is 0 Å². The van der Waals surface area contributed by atoms with Gasteiger partial charge >= 0.3 is 5.97 Å². The van der Waals surface area contributed by atoms with Crippen LogP contribution >= 0.6 is 0 Å². The molecule has 1 aliphatic carbocycles. The number of carbonyl (C=O) groups is 1. The fourth-order valence-electron chi connectivity index (χ4n) is 1.89. The molecule has 0 aromatic heterocycles. The van der Waals surface area contributed by atoms with Crippen LogP contribution in [-0.2, 0) is 4.79 Å². The van der Waals surface area contributed by atoms with Gasteiger partial charge in [0.15, 0.2) is 0 Å². The molecule has 1 fully saturated rings. The number of hydrogen-bond donors (Lipinski definition) is 1. The molecule has 0 saturated heterocycles. The molecule has 0 spiro atoms. The molecule has 0 amide bonds. The average Bonchev–Trinajstić information content (AvgIpc) is 1.79. The normalized spacial score (nSPS) is 38.8. The van der Waals surface area contributed by atoms with Crippen molar-refractivity contribution in [3.8, 4) is 0 Å². The second kappa shape index (κ2) is 2.26. The lowest BCUT2D eigenvalue weighted by molar-refractivity contribution is -0.158. The molecule has 0 atom stereocenters. The lowest BCUT2D eigenvalue weighted by atomic mass is 9.61. The largest absolute Gasteiger partial charge is 0.481 e. The van der Waals surface area contributed by atoms with E-state index in [1.165, 1.54) is 0 Å². The molecule has 0 aliphatic heterocycles. The van der Waals surface area contributed by atoms with Gasteiger partial charge in [-0.05, 0) is 25.2 Å². The zero-order valence-corrected chi connectivity index (χ0v) is 6.55. The van der Waals surface area contributed by atoms with Crippen LogP contribution in [-0.4, -0.2) is 11.1 Å². The summed E-state index contributed by atoms with van der Waals surface area (Å²) in [7, 11) is 0. The molecule has 0 heterocycles. The maximum absolute atomic E-state index is 10.7. The van der Waals surface area contributed by atoms with E-state index in [-0.39, 0.29) is 5.41 Å². The van der Waals surface area contributed by atoms with E-state index in [0.29, 0.717) is 5.92 Å². The third kappa shape index (κ3) is 0.917. The minimum absolute atomic E-state index is 0.348. The lowest BCUT2D eigenvalue weighted by Gasteiger charge is -2.42. The molecule has 0 aromatic rings. The van der Waals surface area contributed by atoms with Crippen LogP contribution in [0, 0.1) is 11.3 Å². The van der Waals surface area contributed by atoms with Crippen LogP contribution in [0.2, 0.25) is 0 Å². The first-order chi connectivity index (χ1) is 4.60. The second-order valence-electron chi connectivity index (χ2n) is 3.45. The van der Waals surface area contributed by atoms with Gasteiger partial charge in [-0.3, -0.25) is 4.79 Å². The molecular formula is C8H14O2. The molecule has 10 heavy (non-hydrogen) atoms. The minimum atomic E-state index is -0.604. The molecule has 1 saturated carbocycles.